The fourth-order valence-electron chi connectivity index (χ4n) is 3.99. The number of aliphatic hydroxyl groups excluding tert-OH is 2. The van der Waals surface area contributed by atoms with Gasteiger partial charge in [0, 0.05) is 78.5 Å². The third kappa shape index (κ3) is 18.9. The fraction of sp³-hybridized carbons (Fsp3) is 0.600. The number of hydrogen-bond donors (Lipinski definition) is 8. The summed E-state index contributed by atoms with van der Waals surface area (Å²) in [5, 5.41) is 30.8. The lowest BCUT2D eigenvalue weighted by Crippen LogP contribution is -2.38. The number of rotatable bonds is 15. The second kappa shape index (κ2) is 25.7. The van der Waals surface area contributed by atoms with Crippen LogP contribution in [0.3, 0.4) is 0 Å². The minimum absolute atomic E-state index is 0.0143. The molecule has 0 spiro atoms. The van der Waals surface area contributed by atoms with Crippen LogP contribution >= 0.6 is 0 Å². The predicted octanol–water partition coefficient (Wildman–Crippen LogP) is -1.75. The number of cyclic esters (lactones) is 2. The first-order chi connectivity index (χ1) is 24.5. The lowest BCUT2D eigenvalue weighted by atomic mass is 10.4. The van der Waals surface area contributed by atoms with Crippen LogP contribution in [-0.4, -0.2) is 178 Å². The molecule has 4 rings (SSSR count). The zero-order valence-electron chi connectivity index (χ0n) is 28.6. The molecule has 0 bridgehead atoms. The summed E-state index contributed by atoms with van der Waals surface area (Å²) < 4.78 is 18.5. The van der Waals surface area contributed by atoms with E-state index in [4.69, 9.17) is 25.4 Å². The van der Waals surface area contributed by atoms with Crippen molar-refractivity contribution in [2.75, 3.05) is 98.4 Å². The van der Waals surface area contributed by atoms with Crippen LogP contribution < -0.4 is 32.3 Å². The maximum Gasteiger partial charge on any atom is 0.509 e. The molecule has 3 atom stereocenters. The van der Waals surface area contributed by atoms with E-state index in [1.165, 1.54) is 18.2 Å². The quantitative estimate of drug-likeness (QED) is 0.0528. The Kier molecular flexibility index (Phi) is 22.0. The van der Waals surface area contributed by atoms with Gasteiger partial charge in [-0.25, -0.2) is 28.8 Å². The number of amides is 8. The van der Waals surface area contributed by atoms with Gasteiger partial charge < -0.3 is 76.2 Å². The number of ether oxygens (including phenoxy) is 4. The van der Waals surface area contributed by atoms with Crippen molar-refractivity contribution >= 4 is 36.4 Å². The van der Waals surface area contributed by atoms with E-state index in [-0.39, 0.29) is 37.4 Å². The van der Waals surface area contributed by atoms with Crippen LogP contribution in [0.2, 0.25) is 0 Å². The topological polar surface area (TPSA) is 276 Å². The summed E-state index contributed by atoms with van der Waals surface area (Å²) in [6, 6.07) is -0.234. The zero-order chi connectivity index (χ0) is 38.0. The number of hydrogen-bond acceptors (Lipinski definition) is 13. The standard InChI is InChI=1S/2C10H17N3O4.C5H11N3O.C5H6O3/c1-2-8(14)7-17-10(16)12-4-6-13-5-3-11-9(13)15;1-2-8(7-14)17-10(16)12-4-6-13-5-3-11-9(13)15;6-1-3-8-4-2-7-5(8)9;1-2-4-3-7-5(6)8-4/h2*2,8,14H,1,3-7H2,(H,11,15)(H,12,16);1-4,6H2,(H,7,9);2,4H,1,3H2. The van der Waals surface area contributed by atoms with Crippen molar-refractivity contribution in [1.82, 2.24) is 41.3 Å². The summed E-state index contributed by atoms with van der Waals surface area (Å²) in [5.41, 5.74) is 5.25. The normalized spacial score (nSPS) is 18.3. The molecular weight excluding hydrogens is 678 g/mol. The van der Waals surface area contributed by atoms with Gasteiger partial charge in [-0.05, 0) is 12.2 Å². The molecule has 288 valence electrons. The Hall–Kier alpha value is -5.28. The summed E-state index contributed by atoms with van der Waals surface area (Å²) in [4.78, 5) is 70.4. The molecule has 21 nitrogen and oxygen atoms in total. The summed E-state index contributed by atoms with van der Waals surface area (Å²) in [6.07, 6.45) is 0.502. The number of alkyl carbamates (subject to hydrolysis) is 2. The smallest absolute Gasteiger partial charge is 0.446 e. The molecule has 9 N–H and O–H groups in total. The van der Waals surface area contributed by atoms with E-state index in [0.717, 1.165) is 13.1 Å². The minimum Gasteiger partial charge on any atom is -0.446 e. The number of carbonyl (C=O) groups excluding carboxylic acids is 6. The van der Waals surface area contributed by atoms with Crippen LogP contribution in [-0.2, 0) is 18.9 Å². The SMILES string of the molecule is C=CC(CO)OC(=O)NCCN1CCNC1=O.C=CC(O)COC(=O)NCCN1CCNC1=O.C=CC1COC(=O)O1.NCCN1CCNC1=O. The highest BCUT2D eigenvalue weighted by molar-refractivity contribution is 5.77. The van der Waals surface area contributed by atoms with Crippen LogP contribution in [0.5, 0.6) is 0 Å². The van der Waals surface area contributed by atoms with E-state index >= 15 is 0 Å². The van der Waals surface area contributed by atoms with Gasteiger partial charge in [0.1, 0.15) is 25.4 Å². The van der Waals surface area contributed by atoms with Crippen molar-refractivity contribution in [3.63, 3.8) is 0 Å². The predicted molar refractivity (Wildman–Crippen MR) is 181 cm³/mol. The summed E-state index contributed by atoms with van der Waals surface area (Å²) in [6.45, 7) is 16.9. The van der Waals surface area contributed by atoms with Crippen molar-refractivity contribution < 1.29 is 57.9 Å². The van der Waals surface area contributed by atoms with E-state index in [2.05, 4.69) is 55.8 Å². The Balaban J connectivity index is 0.000000357. The largest absolute Gasteiger partial charge is 0.509 e. The number of carbonyl (C=O) groups is 6. The van der Waals surface area contributed by atoms with Crippen LogP contribution in [0, 0.1) is 0 Å². The van der Waals surface area contributed by atoms with E-state index in [9.17, 15) is 28.8 Å². The molecule has 0 aromatic rings. The molecule has 0 aromatic heterocycles. The van der Waals surface area contributed by atoms with Crippen LogP contribution in [0.15, 0.2) is 38.0 Å². The third-order valence-corrected chi connectivity index (χ3v) is 6.77. The van der Waals surface area contributed by atoms with Crippen molar-refractivity contribution in [3.8, 4) is 0 Å². The number of aliphatic hydroxyl groups is 2. The average molecular weight is 730 g/mol. The first-order valence-corrected chi connectivity index (χ1v) is 16.1. The molecule has 4 aliphatic heterocycles. The first-order valence-electron chi connectivity index (χ1n) is 16.1. The molecule has 4 aliphatic rings. The molecular formula is C30H51N9O12. The van der Waals surface area contributed by atoms with Gasteiger partial charge in [0.05, 0.1) is 6.61 Å². The second-order valence-electron chi connectivity index (χ2n) is 10.5. The van der Waals surface area contributed by atoms with E-state index in [0.29, 0.717) is 72.1 Å². The van der Waals surface area contributed by atoms with Gasteiger partial charge in [0.25, 0.3) is 0 Å². The number of urea groups is 3. The van der Waals surface area contributed by atoms with Gasteiger partial charge in [-0.2, -0.15) is 0 Å². The van der Waals surface area contributed by atoms with E-state index in [1.807, 2.05) is 0 Å². The zero-order valence-corrected chi connectivity index (χ0v) is 28.6. The third-order valence-electron chi connectivity index (χ3n) is 6.77. The Morgan fingerprint density at radius 1 is 0.882 bits per heavy atom. The van der Waals surface area contributed by atoms with Gasteiger partial charge in [0.2, 0.25) is 0 Å². The molecule has 0 saturated carbocycles. The molecule has 0 aromatic carbocycles. The van der Waals surface area contributed by atoms with Crippen molar-refractivity contribution in [2.45, 2.75) is 18.3 Å². The highest BCUT2D eigenvalue weighted by Gasteiger charge is 2.22. The molecule has 4 saturated heterocycles. The number of nitrogens with two attached hydrogens (primary N) is 1. The first kappa shape index (κ1) is 43.7. The van der Waals surface area contributed by atoms with E-state index < -0.39 is 30.5 Å². The average Bonchev–Trinajstić information content (AvgIpc) is 3.94. The fourth-order valence-corrected chi connectivity index (χ4v) is 3.99. The highest BCUT2D eigenvalue weighted by Crippen LogP contribution is 2.05. The molecule has 4 fully saturated rings. The second-order valence-corrected chi connectivity index (χ2v) is 10.5. The van der Waals surface area contributed by atoms with Crippen molar-refractivity contribution in [2.24, 2.45) is 5.73 Å². The molecule has 8 amide bonds. The molecule has 0 radical (unpaired) electrons. The Labute approximate surface area is 296 Å². The molecule has 0 aliphatic carbocycles. The van der Waals surface area contributed by atoms with Crippen molar-refractivity contribution in [3.05, 3.63) is 38.0 Å². The Morgan fingerprint density at radius 2 is 1.39 bits per heavy atom. The molecule has 4 heterocycles. The summed E-state index contributed by atoms with van der Waals surface area (Å²) in [5.74, 6) is 0. The molecule has 51 heavy (non-hydrogen) atoms. The van der Waals surface area contributed by atoms with Crippen molar-refractivity contribution in [1.29, 1.82) is 0 Å². The lowest BCUT2D eigenvalue weighted by Gasteiger charge is -2.15. The maximum absolute atomic E-state index is 11.2. The van der Waals surface area contributed by atoms with Gasteiger partial charge in [-0.1, -0.05) is 19.2 Å². The number of nitrogens with zero attached hydrogens (tertiary/aromatic N) is 3. The minimum atomic E-state index is -0.856. The van der Waals surface area contributed by atoms with Crippen LogP contribution in [0.4, 0.5) is 28.8 Å². The van der Waals surface area contributed by atoms with Crippen LogP contribution in [0.25, 0.3) is 0 Å². The Morgan fingerprint density at radius 3 is 1.75 bits per heavy atom. The van der Waals surface area contributed by atoms with E-state index in [1.54, 1.807) is 14.7 Å². The summed E-state index contributed by atoms with van der Waals surface area (Å²) in [7, 11) is 0. The highest BCUT2D eigenvalue weighted by atomic mass is 16.8. The monoisotopic (exact) mass is 729 g/mol. The van der Waals surface area contributed by atoms with Crippen LogP contribution in [0.1, 0.15) is 0 Å². The lowest BCUT2D eigenvalue weighted by molar-refractivity contribution is 0.0826. The van der Waals surface area contributed by atoms with Gasteiger partial charge >= 0.3 is 36.4 Å². The van der Waals surface area contributed by atoms with Gasteiger partial charge in [0.15, 0.2) is 6.10 Å². The Bertz CT molecular complexity index is 1160. The molecule has 21 heteroatoms. The van der Waals surface area contributed by atoms with Gasteiger partial charge in [-0.3, -0.25) is 0 Å². The summed E-state index contributed by atoms with van der Waals surface area (Å²) >= 11 is 0. The molecule has 3 unspecified atom stereocenters. The number of nitrogens with one attached hydrogen (secondary N) is 5. The maximum atomic E-state index is 11.2. The van der Waals surface area contributed by atoms with Gasteiger partial charge in [-0.15, -0.1) is 6.58 Å².